The van der Waals surface area contributed by atoms with Gasteiger partial charge < -0.3 is 9.64 Å². The van der Waals surface area contributed by atoms with Gasteiger partial charge in [0.05, 0.1) is 5.69 Å². The molecular formula is C58H39NO. The Morgan fingerprint density at radius 3 is 1.48 bits per heavy atom. The summed E-state index contributed by atoms with van der Waals surface area (Å²) in [6.45, 7) is 0. The average molecular weight is 766 g/mol. The first-order valence-electron chi connectivity index (χ1n) is 20.5. The summed E-state index contributed by atoms with van der Waals surface area (Å²) in [7, 11) is 0. The molecule has 0 saturated carbocycles. The minimum absolute atomic E-state index is 0.802. The van der Waals surface area contributed by atoms with Crippen molar-refractivity contribution in [2.75, 3.05) is 4.90 Å². The first kappa shape index (κ1) is 35.2. The normalized spacial score (nSPS) is 11.5. The smallest absolute Gasteiger partial charge is 0.159 e. The fourth-order valence-corrected chi connectivity index (χ4v) is 8.69. The minimum Gasteiger partial charge on any atom is -0.453 e. The molecule has 0 radical (unpaired) electrons. The Bertz CT molecular complexity index is 3150. The molecule has 0 spiro atoms. The molecule has 0 aromatic heterocycles. The van der Waals surface area contributed by atoms with Crippen LogP contribution in [0, 0.1) is 0 Å². The molecule has 2 heteroatoms. The molecule has 0 unspecified atom stereocenters. The number of benzene rings is 10. The van der Waals surface area contributed by atoms with Gasteiger partial charge in [0, 0.05) is 28.1 Å². The Hall–Kier alpha value is -7.94. The summed E-state index contributed by atoms with van der Waals surface area (Å²) in [6, 6.07) is 84.7. The van der Waals surface area contributed by atoms with Gasteiger partial charge in [0.15, 0.2) is 5.75 Å². The van der Waals surface area contributed by atoms with E-state index >= 15 is 0 Å². The third kappa shape index (κ3) is 6.41. The van der Waals surface area contributed by atoms with E-state index < -0.39 is 0 Å². The van der Waals surface area contributed by atoms with Crippen LogP contribution in [0.2, 0.25) is 0 Å². The maximum absolute atomic E-state index is 7.49. The van der Waals surface area contributed by atoms with Crippen LogP contribution in [0.3, 0.4) is 0 Å². The van der Waals surface area contributed by atoms with Gasteiger partial charge in [-0.05, 0) is 103 Å². The lowest BCUT2D eigenvalue weighted by Crippen LogP contribution is -2.11. The van der Waals surface area contributed by atoms with Gasteiger partial charge >= 0.3 is 0 Å². The Kier molecular flexibility index (Phi) is 8.87. The van der Waals surface area contributed by atoms with Crippen LogP contribution in [-0.2, 0) is 0 Å². The molecule has 0 amide bonds. The van der Waals surface area contributed by atoms with Crippen molar-refractivity contribution in [3.05, 3.63) is 237 Å². The predicted octanol–water partition coefficient (Wildman–Crippen LogP) is 16.4. The topological polar surface area (TPSA) is 12.5 Å². The number of hydrogen-bond donors (Lipinski definition) is 0. The summed E-state index contributed by atoms with van der Waals surface area (Å²) >= 11 is 0. The average Bonchev–Trinajstić information content (AvgIpc) is 3.47. The monoisotopic (exact) mass is 765 g/mol. The van der Waals surface area contributed by atoms with E-state index in [1.807, 2.05) is 0 Å². The predicted molar refractivity (Wildman–Crippen MR) is 251 cm³/mol. The highest BCUT2D eigenvalue weighted by Crippen LogP contribution is 2.55. The van der Waals surface area contributed by atoms with Crippen LogP contribution in [0.5, 0.6) is 11.5 Å². The number of fused-ring (bicyclic) bond motifs is 6. The Labute approximate surface area is 350 Å². The van der Waals surface area contributed by atoms with Crippen molar-refractivity contribution in [3.8, 4) is 78.3 Å². The van der Waals surface area contributed by atoms with Crippen molar-refractivity contribution in [2.45, 2.75) is 0 Å². The fourth-order valence-electron chi connectivity index (χ4n) is 8.69. The van der Waals surface area contributed by atoms with Gasteiger partial charge in [-0.3, -0.25) is 0 Å². The second kappa shape index (κ2) is 15.1. The van der Waals surface area contributed by atoms with E-state index in [1.54, 1.807) is 0 Å². The summed E-state index contributed by atoms with van der Waals surface area (Å²) in [5.74, 6) is 1.64. The Balaban J connectivity index is 1.15. The molecule has 0 saturated heterocycles. The van der Waals surface area contributed by atoms with Crippen molar-refractivity contribution in [1.29, 1.82) is 0 Å². The second-order valence-electron chi connectivity index (χ2n) is 15.3. The largest absolute Gasteiger partial charge is 0.453 e. The van der Waals surface area contributed by atoms with Gasteiger partial charge in [0.1, 0.15) is 5.75 Å². The lowest BCUT2D eigenvalue weighted by Gasteiger charge is -2.29. The van der Waals surface area contributed by atoms with Gasteiger partial charge in [0.25, 0.3) is 0 Å². The number of anilines is 3. The summed E-state index contributed by atoms with van der Waals surface area (Å²) < 4.78 is 7.49. The van der Waals surface area contributed by atoms with Crippen molar-refractivity contribution < 1.29 is 4.74 Å². The van der Waals surface area contributed by atoms with Gasteiger partial charge in [-0.1, -0.05) is 194 Å². The summed E-state index contributed by atoms with van der Waals surface area (Å²) in [5, 5.41) is 2.37. The molecule has 1 aliphatic rings. The van der Waals surface area contributed by atoms with Gasteiger partial charge in [-0.2, -0.15) is 0 Å². The molecule has 0 aliphatic carbocycles. The van der Waals surface area contributed by atoms with Crippen molar-refractivity contribution in [3.63, 3.8) is 0 Å². The molecule has 282 valence electrons. The van der Waals surface area contributed by atoms with Crippen molar-refractivity contribution in [2.24, 2.45) is 0 Å². The van der Waals surface area contributed by atoms with Gasteiger partial charge in [-0.25, -0.2) is 0 Å². The minimum atomic E-state index is 0.802. The van der Waals surface area contributed by atoms with Crippen LogP contribution in [0.15, 0.2) is 237 Å². The number of ether oxygens (including phenoxy) is 1. The molecule has 10 aromatic rings. The second-order valence-corrected chi connectivity index (χ2v) is 15.3. The number of nitrogens with zero attached hydrogens (tertiary/aromatic N) is 1. The Morgan fingerprint density at radius 1 is 0.250 bits per heavy atom. The van der Waals surface area contributed by atoms with Crippen molar-refractivity contribution in [1.82, 2.24) is 0 Å². The lowest BCUT2D eigenvalue weighted by molar-refractivity contribution is 0.490. The molecule has 0 bridgehead atoms. The zero-order valence-corrected chi connectivity index (χ0v) is 32.9. The molecule has 11 rings (SSSR count). The molecule has 10 aromatic carbocycles. The van der Waals surface area contributed by atoms with Crippen LogP contribution < -0.4 is 9.64 Å². The van der Waals surface area contributed by atoms with E-state index in [0.29, 0.717) is 0 Å². The lowest BCUT2D eigenvalue weighted by atomic mass is 9.89. The highest BCUT2D eigenvalue weighted by atomic mass is 16.5. The fraction of sp³-hybridized carbons (Fsp3) is 0. The molecule has 1 heterocycles. The van der Waals surface area contributed by atoms with E-state index in [-0.39, 0.29) is 0 Å². The van der Waals surface area contributed by atoms with Crippen LogP contribution >= 0.6 is 0 Å². The maximum Gasteiger partial charge on any atom is 0.159 e. The molecular weight excluding hydrogens is 727 g/mol. The number of para-hydroxylation sites is 2. The first-order chi connectivity index (χ1) is 29.7. The summed E-state index contributed by atoms with van der Waals surface area (Å²) in [4.78, 5) is 2.35. The highest BCUT2D eigenvalue weighted by molar-refractivity contribution is 6.00. The van der Waals surface area contributed by atoms with E-state index in [2.05, 4.69) is 241 Å². The van der Waals surface area contributed by atoms with Crippen molar-refractivity contribution >= 4 is 27.8 Å². The van der Waals surface area contributed by atoms with E-state index in [1.165, 1.54) is 33.0 Å². The quantitative estimate of drug-likeness (QED) is 0.160. The first-order valence-corrected chi connectivity index (χ1v) is 20.5. The molecule has 2 nitrogen and oxygen atoms in total. The van der Waals surface area contributed by atoms with E-state index in [0.717, 1.165) is 73.1 Å². The Morgan fingerprint density at radius 2 is 0.750 bits per heavy atom. The molecule has 0 fully saturated rings. The molecule has 0 atom stereocenters. The molecule has 0 N–H and O–H groups in total. The van der Waals surface area contributed by atoms with E-state index in [4.69, 9.17) is 4.74 Å². The molecule has 1 aliphatic heterocycles. The summed E-state index contributed by atoms with van der Waals surface area (Å²) in [5.41, 5.74) is 16.6. The van der Waals surface area contributed by atoms with Gasteiger partial charge in [0.2, 0.25) is 0 Å². The van der Waals surface area contributed by atoms with Gasteiger partial charge in [-0.15, -0.1) is 0 Å². The van der Waals surface area contributed by atoms with Crippen LogP contribution in [0.1, 0.15) is 0 Å². The van der Waals surface area contributed by atoms with E-state index in [9.17, 15) is 0 Å². The number of hydrogen-bond acceptors (Lipinski definition) is 2. The third-order valence-corrected chi connectivity index (χ3v) is 11.7. The highest BCUT2D eigenvalue weighted by Gasteiger charge is 2.28. The van der Waals surface area contributed by atoms with Crippen LogP contribution in [-0.4, -0.2) is 0 Å². The third-order valence-electron chi connectivity index (χ3n) is 11.7. The van der Waals surface area contributed by atoms with Crippen LogP contribution in [0.25, 0.3) is 77.5 Å². The number of rotatable bonds is 7. The zero-order chi connectivity index (χ0) is 39.8. The standard InChI is InChI=1S/C58H39NO/c1-4-15-40(16-5-1)43-29-33-49(34-30-43)59(50-35-31-42-19-10-11-22-47(42)38-50)56-28-14-27-54-55-39-48(46-24-12-23-45(37-46)41-17-6-2-7-18-41)32-36-52(55)53-26-13-25-51(57(53)60-58(54)56)44-20-8-3-9-21-44/h1-39H. The molecule has 60 heavy (non-hydrogen) atoms. The SMILES string of the molecule is c1ccc(-c2ccc(N(c3ccc4ccccc4c3)c3cccc4c3Oc3c(-c5ccccc5)cccc3-c3ccc(-c5cccc(-c6ccccc6)c5)cc3-4)cc2)cc1. The summed E-state index contributed by atoms with van der Waals surface area (Å²) in [6.07, 6.45) is 0. The zero-order valence-electron chi connectivity index (χ0n) is 32.9. The maximum atomic E-state index is 7.49. The van der Waals surface area contributed by atoms with Crippen LogP contribution in [0.4, 0.5) is 17.1 Å².